The van der Waals surface area contributed by atoms with Gasteiger partial charge in [0.1, 0.15) is 12.4 Å². The summed E-state index contributed by atoms with van der Waals surface area (Å²) in [5, 5.41) is 20.2. The highest BCUT2D eigenvalue weighted by atomic mass is 19.1. The lowest BCUT2D eigenvalue weighted by molar-refractivity contribution is -0.138. The zero-order valence-corrected chi connectivity index (χ0v) is 23.6. The van der Waals surface area contributed by atoms with Gasteiger partial charge >= 0.3 is 5.97 Å². The molecule has 0 fully saturated rings. The van der Waals surface area contributed by atoms with Crippen molar-refractivity contribution < 1.29 is 23.9 Å². The van der Waals surface area contributed by atoms with E-state index in [1.54, 1.807) is 38.6 Å². The van der Waals surface area contributed by atoms with Crippen molar-refractivity contribution in [3.63, 3.8) is 0 Å². The number of rotatable bonds is 12. The Morgan fingerprint density at radius 3 is 2.57 bits per heavy atom. The Morgan fingerprint density at radius 2 is 1.83 bits per heavy atom. The average Bonchev–Trinajstić information content (AvgIpc) is 3.64. The number of aliphatic carboxylic acids is 1. The molecule has 0 aliphatic heterocycles. The van der Waals surface area contributed by atoms with Crippen LogP contribution in [0.2, 0.25) is 0 Å². The molecule has 4 N–H and O–H groups in total. The van der Waals surface area contributed by atoms with Crippen molar-refractivity contribution in [1.29, 1.82) is 0 Å². The standard InChI is InChI=1S/C29H33FN8O4/c1-18-5-4-6-25(34-18)28-22(15-32-35-28)19-7-8-23(30)21(13-19)20-14-33-38(16-20)17-26(39)36(2)11-12-37(3)29(42)24(31)9-10-27(40)41/h4-8,13-16,24H,9-12,17,31H2,1-3H3,(H,32,35)(H,40,41)/t24-/m0/s1. The number of hydrogen-bond donors (Lipinski definition) is 3. The fourth-order valence-electron chi connectivity index (χ4n) is 4.37. The molecule has 0 spiro atoms. The summed E-state index contributed by atoms with van der Waals surface area (Å²) >= 11 is 0. The zero-order valence-electron chi connectivity index (χ0n) is 23.6. The van der Waals surface area contributed by atoms with Crippen LogP contribution in [-0.2, 0) is 20.9 Å². The number of aromatic nitrogens is 5. The number of aromatic amines is 1. The van der Waals surface area contributed by atoms with E-state index < -0.39 is 23.7 Å². The Morgan fingerprint density at radius 1 is 1.07 bits per heavy atom. The second kappa shape index (κ2) is 13.2. The van der Waals surface area contributed by atoms with Crippen molar-refractivity contribution in [2.24, 2.45) is 5.73 Å². The van der Waals surface area contributed by atoms with E-state index in [0.29, 0.717) is 11.1 Å². The molecule has 2 amide bonds. The third-order valence-electron chi connectivity index (χ3n) is 6.86. The summed E-state index contributed by atoms with van der Waals surface area (Å²) in [6.45, 7) is 2.27. The molecule has 1 atom stereocenters. The summed E-state index contributed by atoms with van der Waals surface area (Å²) in [6, 6.07) is 9.53. The lowest BCUT2D eigenvalue weighted by atomic mass is 9.99. The van der Waals surface area contributed by atoms with Crippen molar-refractivity contribution in [1.82, 2.24) is 34.8 Å². The van der Waals surface area contributed by atoms with Crippen LogP contribution in [0.5, 0.6) is 0 Å². The fourth-order valence-corrected chi connectivity index (χ4v) is 4.37. The van der Waals surface area contributed by atoms with Crippen LogP contribution in [0.4, 0.5) is 4.39 Å². The zero-order chi connectivity index (χ0) is 30.4. The highest BCUT2D eigenvalue weighted by Gasteiger charge is 2.20. The molecule has 0 radical (unpaired) electrons. The van der Waals surface area contributed by atoms with E-state index in [9.17, 15) is 18.8 Å². The molecular weight excluding hydrogens is 543 g/mol. The van der Waals surface area contributed by atoms with E-state index in [4.69, 9.17) is 10.8 Å². The molecular formula is C29H33FN8O4. The van der Waals surface area contributed by atoms with Gasteiger partial charge in [0.25, 0.3) is 0 Å². The maximum atomic E-state index is 14.9. The molecule has 3 heterocycles. The first kappa shape index (κ1) is 30.1. The number of amides is 2. The summed E-state index contributed by atoms with van der Waals surface area (Å²) in [4.78, 5) is 43.3. The number of carboxylic acids is 1. The first-order valence-corrected chi connectivity index (χ1v) is 13.3. The van der Waals surface area contributed by atoms with E-state index in [1.807, 2.05) is 25.1 Å². The number of H-pyrrole nitrogens is 1. The summed E-state index contributed by atoms with van der Waals surface area (Å²) in [5.41, 5.74) is 10.4. The van der Waals surface area contributed by atoms with Gasteiger partial charge in [-0.3, -0.25) is 29.1 Å². The maximum absolute atomic E-state index is 14.9. The molecule has 0 saturated carbocycles. The number of carbonyl (C=O) groups is 3. The van der Waals surface area contributed by atoms with Crippen molar-refractivity contribution in [3.05, 3.63) is 66.5 Å². The first-order chi connectivity index (χ1) is 20.0. The normalized spacial score (nSPS) is 11.7. The maximum Gasteiger partial charge on any atom is 0.303 e. The minimum atomic E-state index is -1.02. The van der Waals surface area contributed by atoms with Crippen LogP contribution in [0.25, 0.3) is 33.6 Å². The largest absolute Gasteiger partial charge is 0.481 e. The fraction of sp³-hybridized carbons (Fsp3) is 0.310. The molecule has 42 heavy (non-hydrogen) atoms. The predicted octanol–water partition coefficient (Wildman–Crippen LogP) is 2.56. The Labute approximate surface area is 242 Å². The number of nitrogens with one attached hydrogen (secondary N) is 1. The molecule has 1 aromatic carbocycles. The second-order valence-corrected chi connectivity index (χ2v) is 10.1. The van der Waals surface area contributed by atoms with Crippen LogP contribution < -0.4 is 5.73 Å². The molecule has 13 heteroatoms. The summed E-state index contributed by atoms with van der Waals surface area (Å²) < 4.78 is 16.4. The van der Waals surface area contributed by atoms with E-state index in [1.165, 1.54) is 26.7 Å². The number of benzene rings is 1. The van der Waals surface area contributed by atoms with Gasteiger partial charge in [-0.15, -0.1) is 0 Å². The Bertz CT molecular complexity index is 1580. The second-order valence-electron chi connectivity index (χ2n) is 10.1. The lowest BCUT2D eigenvalue weighted by Crippen LogP contribution is -2.45. The number of halogens is 1. The van der Waals surface area contributed by atoms with E-state index >= 15 is 0 Å². The number of carbonyl (C=O) groups excluding carboxylic acids is 2. The molecule has 0 aliphatic carbocycles. The molecule has 0 bridgehead atoms. The number of pyridine rings is 1. The van der Waals surface area contributed by atoms with Crippen LogP contribution in [0.3, 0.4) is 0 Å². The van der Waals surface area contributed by atoms with Gasteiger partial charge in [0.05, 0.1) is 29.8 Å². The molecule has 12 nitrogen and oxygen atoms in total. The van der Waals surface area contributed by atoms with Gasteiger partial charge in [-0.1, -0.05) is 12.1 Å². The Hall–Kier alpha value is -4.91. The number of aryl methyl sites for hydroxylation is 1. The van der Waals surface area contributed by atoms with Crippen LogP contribution >= 0.6 is 0 Å². The SMILES string of the molecule is Cc1cccc(-c2[nH]ncc2-c2ccc(F)c(-c3cnn(CC(=O)N(C)CCN(C)C(=O)[C@@H](N)CCC(=O)O)c3)c2)n1. The van der Waals surface area contributed by atoms with Gasteiger partial charge in [0.15, 0.2) is 0 Å². The van der Waals surface area contributed by atoms with Gasteiger partial charge < -0.3 is 20.6 Å². The van der Waals surface area contributed by atoms with Crippen molar-refractivity contribution in [3.8, 4) is 33.6 Å². The number of carboxylic acid groups (broad SMARTS) is 1. The van der Waals surface area contributed by atoms with E-state index in [-0.39, 0.29) is 38.4 Å². The Kier molecular flexibility index (Phi) is 9.42. The van der Waals surface area contributed by atoms with Crippen molar-refractivity contribution >= 4 is 17.8 Å². The van der Waals surface area contributed by atoms with E-state index in [2.05, 4.69) is 20.3 Å². The first-order valence-electron chi connectivity index (χ1n) is 13.3. The molecule has 3 aromatic heterocycles. The van der Waals surface area contributed by atoms with Crippen LogP contribution in [0, 0.1) is 12.7 Å². The minimum Gasteiger partial charge on any atom is -0.481 e. The number of nitrogens with zero attached hydrogens (tertiary/aromatic N) is 6. The summed E-state index contributed by atoms with van der Waals surface area (Å²) in [5.74, 6) is -2.11. The van der Waals surface area contributed by atoms with Gasteiger partial charge in [-0.2, -0.15) is 10.2 Å². The molecule has 220 valence electrons. The number of likely N-dealkylation sites (N-methyl/N-ethyl adjacent to an activating group) is 2. The predicted molar refractivity (Wildman–Crippen MR) is 153 cm³/mol. The van der Waals surface area contributed by atoms with Crippen LogP contribution in [0.1, 0.15) is 18.5 Å². The van der Waals surface area contributed by atoms with Gasteiger partial charge in [0, 0.05) is 62.2 Å². The molecule has 0 aliphatic rings. The van der Waals surface area contributed by atoms with Crippen LogP contribution in [-0.4, -0.2) is 90.9 Å². The van der Waals surface area contributed by atoms with Crippen molar-refractivity contribution in [2.75, 3.05) is 27.2 Å². The topological polar surface area (TPSA) is 163 Å². The lowest BCUT2D eigenvalue weighted by Gasteiger charge is -2.24. The van der Waals surface area contributed by atoms with Crippen molar-refractivity contribution in [2.45, 2.75) is 32.4 Å². The third-order valence-corrected chi connectivity index (χ3v) is 6.86. The number of hydrogen-bond acceptors (Lipinski definition) is 7. The van der Waals surface area contributed by atoms with Gasteiger partial charge in [-0.05, 0) is 43.2 Å². The molecule has 4 aromatic rings. The number of nitrogens with two attached hydrogens (primary N) is 1. The van der Waals surface area contributed by atoms with Crippen LogP contribution in [0.15, 0.2) is 55.0 Å². The van der Waals surface area contributed by atoms with E-state index in [0.717, 1.165) is 28.2 Å². The third kappa shape index (κ3) is 7.23. The average molecular weight is 577 g/mol. The summed E-state index contributed by atoms with van der Waals surface area (Å²) in [6.07, 6.45) is 4.60. The minimum absolute atomic E-state index is 0.0333. The Balaban J connectivity index is 1.40. The van der Waals surface area contributed by atoms with Gasteiger partial charge in [0.2, 0.25) is 11.8 Å². The quantitative estimate of drug-likeness (QED) is 0.232. The highest BCUT2D eigenvalue weighted by molar-refractivity contribution is 5.83. The smallest absolute Gasteiger partial charge is 0.303 e. The molecule has 0 unspecified atom stereocenters. The monoisotopic (exact) mass is 576 g/mol. The molecule has 4 rings (SSSR count). The highest BCUT2D eigenvalue weighted by Crippen LogP contribution is 2.33. The summed E-state index contributed by atoms with van der Waals surface area (Å²) in [7, 11) is 3.15. The van der Waals surface area contributed by atoms with Gasteiger partial charge in [-0.25, -0.2) is 4.39 Å². The molecule has 0 saturated heterocycles.